The molecule has 0 fully saturated rings. The van der Waals surface area contributed by atoms with Crippen LogP contribution in [0.15, 0.2) is 18.2 Å². The summed E-state index contributed by atoms with van der Waals surface area (Å²) < 4.78 is 4.59. The first kappa shape index (κ1) is 14.9. The molecule has 1 aromatic carbocycles. The normalized spacial score (nSPS) is 14.0. The fourth-order valence-corrected chi connectivity index (χ4v) is 2.04. The van der Waals surface area contributed by atoms with Crippen LogP contribution in [0.4, 0.5) is 5.69 Å². The van der Waals surface area contributed by atoms with Gasteiger partial charge in [0.15, 0.2) is 0 Å². The zero-order chi connectivity index (χ0) is 13.7. The molecule has 100 valence electrons. The second-order valence-corrected chi connectivity index (χ2v) is 4.66. The molecule has 0 aliphatic carbocycles. The van der Waals surface area contributed by atoms with E-state index in [4.69, 9.17) is 5.73 Å². The second kappa shape index (κ2) is 6.72. The predicted octanol–water partition coefficient (Wildman–Crippen LogP) is 1.23. The molecule has 0 aliphatic heterocycles. The van der Waals surface area contributed by atoms with Crippen LogP contribution in [0.25, 0.3) is 0 Å². The molecular weight excluding hydrogens is 302 g/mol. The molecule has 0 spiro atoms. The molecule has 0 radical (unpaired) electrons. The molecule has 6 heteroatoms. The molecule has 0 saturated heterocycles. The van der Waals surface area contributed by atoms with Crippen molar-refractivity contribution in [3.8, 4) is 0 Å². The average Bonchev–Trinajstić information content (AvgIpc) is 2.36. The number of ether oxygens (including phenoxy) is 1. The predicted molar refractivity (Wildman–Crippen MR) is 71.6 cm³/mol. The monoisotopic (exact) mass is 317 g/mol. The third-order valence-electron chi connectivity index (χ3n) is 2.51. The lowest BCUT2D eigenvalue weighted by atomic mass is 10.00. The first-order valence-electron chi connectivity index (χ1n) is 5.40. The number of rotatable bonds is 5. The minimum Gasteiger partial charge on any atom is -0.465 e. The van der Waals surface area contributed by atoms with Crippen LogP contribution in [0.5, 0.6) is 0 Å². The number of nitrogens with two attached hydrogens (primary N) is 1. The first-order valence-corrected chi connectivity index (χ1v) is 6.52. The van der Waals surface area contributed by atoms with Crippen LogP contribution >= 0.6 is 15.9 Å². The molecule has 2 unspecified atom stereocenters. The van der Waals surface area contributed by atoms with Crippen LogP contribution in [0.3, 0.4) is 0 Å². The first-order chi connectivity index (χ1) is 8.49. The number of benzene rings is 1. The molecule has 0 aliphatic rings. The molecule has 2 atom stereocenters. The summed E-state index contributed by atoms with van der Waals surface area (Å²) in [7, 11) is 1.27. The van der Waals surface area contributed by atoms with Gasteiger partial charge in [-0.3, -0.25) is 0 Å². The Kier molecular flexibility index (Phi) is 5.58. The molecular formula is C12H16BrNO4. The van der Waals surface area contributed by atoms with E-state index in [1.54, 1.807) is 0 Å². The van der Waals surface area contributed by atoms with Crippen molar-refractivity contribution in [2.24, 2.45) is 0 Å². The summed E-state index contributed by atoms with van der Waals surface area (Å²) in [6, 6.07) is 4.44. The highest BCUT2D eigenvalue weighted by molar-refractivity contribution is 9.09. The Bertz CT molecular complexity index is 425. The van der Waals surface area contributed by atoms with E-state index in [-0.39, 0.29) is 5.56 Å². The summed E-state index contributed by atoms with van der Waals surface area (Å²) in [5.74, 6) is -0.536. The Morgan fingerprint density at radius 2 is 2.11 bits per heavy atom. The van der Waals surface area contributed by atoms with Crippen molar-refractivity contribution in [3.63, 3.8) is 0 Å². The number of aliphatic hydroxyl groups is 2. The van der Waals surface area contributed by atoms with Crippen molar-refractivity contribution >= 4 is 27.6 Å². The topological polar surface area (TPSA) is 92.8 Å². The Morgan fingerprint density at radius 3 is 2.67 bits per heavy atom. The summed E-state index contributed by atoms with van der Waals surface area (Å²) in [5, 5.41) is 20.2. The maximum absolute atomic E-state index is 11.4. The van der Waals surface area contributed by atoms with Crippen LogP contribution in [-0.2, 0) is 4.74 Å². The molecule has 1 rings (SSSR count). The van der Waals surface area contributed by atoms with Gasteiger partial charge < -0.3 is 20.7 Å². The van der Waals surface area contributed by atoms with Crippen LogP contribution in [0.1, 0.15) is 28.4 Å². The number of carbonyl (C=O) groups is 1. The number of hydrogen-bond acceptors (Lipinski definition) is 5. The minimum absolute atomic E-state index is 0.248. The Labute approximate surface area is 114 Å². The fourth-order valence-electron chi connectivity index (χ4n) is 1.57. The Hall–Kier alpha value is -1.11. The second-order valence-electron chi connectivity index (χ2n) is 3.87. The summed E-state index contributed by atoms with van der Waals surface area (Å²) in [4.78, 5) is 11.4. The lowest BCUT2D eigenvalue weighted by molar-refractivity contribution is 0.0173. The summed E-state index contributed by atoms with van der Waals surface area (Å²) in [5.41, 5.74) is 6.63. The minimum atomic E-state index is -1.09. The van der Waals surface area contributed by atoms with Gasteiger partial charge in [-0.25, -0.2) is 4.79 Å². The van der Waals surface area contributed by atoms with Crippen molar-refractivity contribution in [2.45, 2.75) is 18.6 Å². The molecule has 0 aromatic heterocycles. The molecule has 18 heavy (non-hydrogen) atoms. The van der Waals surface area contributed by atoms with Gasteiger partial charge in [0.1, 0.15) is 6.10 Å². The molecule has 4 N–H and O–H groups in total. The maximum Gasteiger partial charge on any atom is 0.337 e. The van der Waals surface area contributed by atoms with E-state index < -0.39 is 18.2 Å². The number of anilines is 1. The zero-order valence-corrected chi connectivity index (χ0v) is 11.6. The lowest BCUT2D eigenvalue weighted by Gasteiger charge is -2.18. The van der Waals surface area contributed by atoms with E-state index >= 15 is 0 Å². The Balaban J connectivity index is 3.02. The molecule has 5 nitrogen and oxygen atoms in total. The van der Waals surface area contributed by atoms with Gasteiger partial charge in [-0.1, -0.05) is 15.9 Å². The summed E-state index contributed by atoms with van der Waals surface area (Å²) in [6.45, 7) is 0. The molecule has 0 amide bonds. The van der Waals surface area contributed by atoms with Gasteiger partial charge in [0.05, 0.1) is 18.8 Å². The molecule has 1 aromatic rings. The third kappa shape index (κ3) is 3.69. The highest BCUT2D eigenvalue weighted by Gasteiger charge is 2.19. The number of nitrogen functional groups attached to an aromatic ring is 1. The van der Waals surface area contributed by atoms with E-state index in [0.717, 1.165) is 0 Å². The van der Waals surface area contributed by atoms with Crippen LogP contribution in [0, 0.1) is 0 Å². The van der Waals surface area contributed by atoms with Crippen molar-refractivity contribution in [2.75, 3.05) is 18.2 Å². The quantitative estimate of drug-likeness (QED) is 0.431. The van der Waals surface area contributed by atoms with Gasteiger partial charge in [-0.15, -0.1) is 0 Å². The average molecular weight is 318 g/mol. The van der Waals surface area contributed by atoms with E-state index in [2.05, 4.69) is 20.7 Å². The van der Waals surface area contributed by atoms with Crippen molar-refractivity contribution in [3.05, 3.63) is 29.3 Å². The standard InChI is InChI=1S/C12H16BrNO4/c1-18-12(17)8-4-7(5-9(14)6-8)11(16)10(15)2-3-13/h4-6,10-11,15-16H,2-3,14H2,1H3. The van der Waals surface area contributed by atoms with Crippen LogP contribution in [-0.4, -0.2) is 34.7 Å². The summed E-state index contributed by atoms with van der Waals surface area (Å²) >= 11 is 3.18. The van der Waals surface area contributed by atoms with Crippen molar-refractivity contribution < 1.29 is 19.7 Å². The van der Waals surface area contributed by atoms with Crippen molar-refractivity contribution in [1.82, 2.24) is 0 Å². The molecule has 0 bridgehead atoms. The van der Waals surface area contributed by atoms with E-state index in [1.807, 2.05) is 0 Å². The number of carbonyl (C=O) groups excluding carboxylic acids is 1. The van der Waals surface area contributed by atoms with E-state index in [0.29, 0.717) is 23.0 Å². The SMILES string of the molecule is COC(=O)c1cc(N)cc(C(O)C(O)CCBr)c1. The van der Waals surface area contributed by atoms with Gasteiger partial charge in [0.25, 0.3) is 0 Å². The van der Waals surface area contributed by atoms with Gasteiger partial charge in [-0.2, -0.15) is 0 Å². The number of methoxy groups -OCH3 is 1. The summed E-state index contributed by atoms with van der Waals surface area (Å²) in [6.07, 6.45) is -1.62. The van der Waals surface area contributed by atoms with Crippen molar-refractivity contribution in [1.29, 1.82) is 0 Å². The maximum atomic E-state index is 11.4. The van der Waals surface area contributed by atoms with Gasteiger partial charge in [0.2, 0.25) is 0 Å². The Morgan fingerprint density at radius 1 is 1.44 bits per heavy atom. The van der Waals surface area contributed by atoms with Gasteiger partial charge >= 0.3 is 5.97 Å². The smallest absolute Gasteiger partial charge is 0.337 e. The third-order valence-corrected chi connectivity index (χ3v) is 2.97. The van der Waals surface area contributed by atoms with Crippen LogP contribution in [0.2, 0.25) is 0 Å². The molecule has 0 saturated carbocycles. The van der Waals surface area contributed by atoms with E-state index in [9.17, 15) is 15.0 Å². The van der Waals surface area contributed by atoms with Crippen LogP contribution < -0.4 is 5.73 Å². The number of hydrogen-bond donors (Lipinski definition) is 3. The van der Waals surface area contributed by atoms with Gasteiger partial charge in [0, 0.05) is 11.0 Å². The molecule has 0 heterocycles. The fraction of sp³-hybridized carbons (Fsp3) is 0.417. The number of aliphatic hydroxyl groups excluding tert-OH is 2. The highest BCUT2D eigenvalue weighted by Crippen LogP contribution is 2.23. The highest BCUT2D eigenvalue weighted by atomic mass is 79.9. The van der Waals surface area contributed by atoms with Gasteiger partial charge in [-0.05, 0) is 30.2 Å². The number of halogens is 1. The number of esters is 1. The van der Waals surface area contributed by atoms with E-state index in [1.165, 1.54) is 25.3 Å². The zero-order valence-electron chi connectivity index (χ0n) is 9.97. The number of alkyl halides is 1. The largest absolute Gasteiger partial charge is 0.465 e. The lowest BCUT2D eigenvalue weighted by Crippen LogP contribution is -2.19.